The monoisotopic (exact) mass is 196 g/mol. The molecule has 78 valence electrons. The van der Waals surface area contributed by atoms with E-state index >= 15 is 0 Å². The number of hydrogen-bond donors (Lipinski definition) is 1. The number of ketones is 1. The number of carboxylic acid groups (broad SMARTS) is 1. The first-order valence-electron chi connectivity index (χ1n) is 5.19. The Hall–Kier alpha value is -0.860. The number of hydrogen-bond acceptors (Lipinski definition) is 2. The first kappa shape index (κ1) is 9.69. The highest BCUT2D eigenvalue weighted by molar-refractivity contribution is 5.83. The molecule has 14 heavy (non-hydrogen) atoms. The van der Waals surface area contributed by atoms with Crippen LogP contribution in [0.4, 0.5) is 0 Å². The molecule has 0 heterocycles. The van der Waals surface area contributed by atoms with Gasteiger partial charge in [-0.2, -0.15) is 0 Å². The second-order valence-corrected chi connectivity index (χ2v) is 5.05. The highest BCUT2D eigenvalue weighted by Gasteiger charge is 2.56. The molecular weight excluding hydrogens is 180 g/mol. The Morgan fingerprint density at radius 2 is 2.00 bits per heavy atom. The number of carboxylic acids is 1. The van der Waals surface area contributed by atoms with Crippen LogP contribution < -0.4 is 0 Å². The summed E-state index contributed by atoms with van der Waals surface area (Å²) in [4.78, 5) is 22.4. The molecule has 2 fully saturated rings. The normalized spacial score (nSPS) is 45.4. The van der Waals surface area contributed by atoms with Crippen LogP contribution in [0.2, 0.25) is 0 Å². The fraction of sp³-hybridized carbons (Fsp3) is 0.818. The van der Waals surface area contributed by atoms with Crippen LogP contribution in [0, 0.1) is 23.2 Å². The lowest BCUT2D eigenvalue weighted by molar-refractivity contribution is -0.145. The summed E-state index contributed by atoms with van der Waals surface area (Å²) >= 11 is 0. The predicted molar refractivity (Wildman–Crippen MR) is 50.7 cm³/mol. The largest absolute Gasteiger partial charge is 0.481 e. The van der Waals surface area contributed by atoms with E-state index in [2.05, 4.69) is 0 Å². The van der Waals surface area contributed by atoms with Crippen LogP contribution >= 0.6 is 0 Å². The molecule has 2 saturated carbocycles. The van der Waals surface area contributed by atoms with Crippen molar-refractivity contribution < 1.29 is 14.7 Å². The van der Waals surface area contributed by atoms with E-state index in [-0.39, 0.29) is 23.0 Å². The molecule has 3 nitrogen and oxygen atoms in total. The Labute approximate surface area is 83.5 Å². The van der Waals surface area contributed by atoms with Crippen LogP contribution in [0.15, 0.2) is 0 Å². The molecule has 0 radical (unpaired) electrons. The summed E-state index contributed by atoms with van der Waals surface area (Å²) < 4.78 is 0. The van der Waals surface area contributed by atoms with Crippen molar-refractivity contribution in [2.75, 3.05) is 0 Å². The standard InChI is InChI=1S/C11H16O3/c1-6(12)11(2)5-7-3-8(11)4-9(7)10(13)14/h7-9H,3-5H2,1-2H3,(H,13,14)/t7-,8+,9-,11+/m0/s1. The van der Waals surface area contributed by atoms with Crippen molar-refractivity contribution >= 4 is 11.8 Å². The van der Waals surface area contributed by atoms with Gasteiger partial charge in [0, 0.05) is 5.41 Å². The fourth-order valence-corrected chi connectivity index (χ4v) is 3.32. The summed E-state index contributed by atoms with van der Waals surface area (Å²) in [5.74, 6) is -0.0816. The van der Waals surface area contributed by atoms with Crippen LogP contribution in [0.3, 0.4) is 0 Å². The molecular formula is C11H16O3. The van der Waals surface area contributed by atoms with Crippen LogP contribution in [0.5, 0.6) is 0 Å². The van der Waals surface area contributed by atoms with E-state index in [0.717, 1.165) is 12.8 Å². The maximum Gasteiger partial charge on any atom is 0.306 e. The molecule has 0 aromatic carbocycles. The van der Waals surface area contributed by atoms with Gasteiger partial charge in [0.05, 0.1) is 5.92 Å². The fourth-order valence-electron chi connectivity index (χ4n) is 3.32. The van der Waals surface area contributed by atoms with Crippen molar-refractivity contribution in [3.05, 3.63) is 0 Å². The molecule has 0 aromatic heterocycles. The summed E-state index contributed by atoms with van der Waals surface area (Å²) in [5.41, 5.74) is -0.226. The van der Waals surface area contributed by atoms with Crippen molar-refractivity contribution in [1.82, 2.24) is 0 Å². The van der Waals surface area contributed by atoms with Crippen LogP contribution in [0.1, 0.15) is 33.1 Å². The van der Waals surface area contributed by atoms with Crippen molar-refractivity contribution in [3.63, 3.8) is 0 Å². The first-order chi connectivity index (χ1) is 6.45. The molecule has 4 atom stereocenters. The van der Waals surface area contributed by atoms with E-state index < -0.39 is 5.97 Å². The van der Waals surface area contributed by atoms with Gasteiger partial charge in [0.2, 0.25) is 0 Å². The molecule has 2 aliphatic carbocycles. The minimum atomic E-state index is -0.678. The zero-order valence-electron chi connectivity index (χ0n) is 8.62. The van der Waals surface area contributed by atoms with Crippen LogP contribution in [-0.2, 0) is 9.59 Å². The second kappa shape index (κ2) is 2.81. The number of aliphatic carboxylic acids is 1. The Balaban J connectivity index is 2.17. The molecule has 2 aliphatic rings. The lowest BCUT2D eigenvalue weighted by Crippen LogP contribution is -2.35. The topological polar surface area (TPSA) is 54.4 Å². The Morgan fingerprint density at radius 3 is 2.36 bits per heavy atom. The molecule has 3 heteroatoms. The van der Waals surface area contributed by atoms with Crippen LogP contribution in [-0.4, -0.2) is 16.9 Å². The molecule has 2 rings (SSSR count). The number of carbonyl (C=O) groups excluding carboxylic acids is 1. The van der Waals surface area contributed by atoms with Gasteiger partial charge in [0.25, 0.3) is 0 Å². The van der Waals surface area contributed by atoms with Gasteiger partial charge in [0.15, 0.2) is 0 Å². The third kappa shape index (κ3) is 1.11. The SMILES string of the molecule is CC(=O)[C@@]1(C)C[C@@H]2C[C@@H]1C[C@@H]2C(=O)O. The average molecular weight is 196 g/mol. The van der Waals surface area contributed by atoms with Crippen LogP contribution in [0.25, 0.3) is 0 Å². The lowest BCUT2D eigenvalue weighted by atomic mass is 9.69. The van der Waals surface area contributed by atoms with E-state index in [0.29, 0.717) is 12.3 Å². The van der Waals surface area contributed by atoms with Crippen molar-refractivity contribution in [3.8, 4) is 0 Å². The number of rotatable bonds is 2. The number of Topliss-reactive ketones (excluding diaryl/α,β-unsaturated/α-hetero) is 1. The van der Waals surface area contributed by atoms with E-state index in [1.165, 1.54) is 0 Å². The van der Waals surface area contributed by atoms with E-state index in [1.807, 2.05) is 6.92 Å². The molecule has 0 aliphatic heterocycles. The highest BCUT2D eigenvalue weighted by atomic mass is 16.4. The third-order valence-corrected chi connectivity index (χ3v) is 4.40. The second-order valence-electron chi connectivity index (χ2n) is 5.05. The molecule has 2 bridgehead atoms. The van der Waals surface area contributed by atoms with Crippen molar-refractivity contribution in [2.24, 2.45) is 23.2 Å². The van der Waals surface area contributed by atoms with E-state index in [1.54, 1.807) is 6.92 Å². The molecule has 0 aromatic rings. The van der Waals surface area contributed by atoms with Gasteiger partial charge < -0.3 is 5.11 Å². The summed E-state index contributed by atoms with van der Waals surface area (Å²) in [6.07, 6.45) is 2.42. The van der Waals surface area contributed by atoms with Gasteiger partial charge in [-0.3, -0.25) is 9.59 Å². The minimum absolute atomic E-state index is 0.188. The summed E-state index contributed by atoms with van der Waals surface area (Å²) in [5, 5.41) is 8.96. The van der Waals surface area contributed by atoms with E-state index in [9.17, 15) is 9.59 Å². The Morgan fingerprint density at radius 1 is 1.36 bits per heavy atom. The predicted octanol–water partition coefficient (Wildman–Crippen LogP) is 1.71. The van der Waals surface area contributed by atoms with Gasteiger partial charge in [0.1, 0.15) is 5.78 Å². The van der Waals surface area contributed by atoms with Gasteiger partial charge in [-0.05, 0) is 38.0 Å². The highest BCUT2D eigenvalue weighted by Crippen LogP contribution is 2.58. The van der Waals surface area contributed by atoms with Crippen molar-refractivity contribution in [1.29, 1.82) is 0 Å². The lowest BCUT2D eigenvalue weighted by Gasteiger charge is -2.33. The van der Waals surface area contributed by atoms with Gasteiger partial charge in [-0.15, -0.1) is 0 Å². The smallest absolute Gasteiger partial charge is 0.306 e. The maximum atomic E-state index is 11.5. The Bertz CT molecular complexity index is 297. The van der Waals surface area contributed by atoms with Gasteiger partial charge in [-0.1, -0.05) is 6.92 Å². The molecule has 1 N–H and O–H groups in total. The maximum absolute atomic E-state index is 11.5. The summed E-state index contributed by atoms with van der Waals surface area (Å²) in [6, 6.07) is 0. The first-order valence-corrected chi connectivity index (χ1v) is 5.19. The van der Waals surface area contributed by atoms with Gasteiger partial charge >= 0.3 is 5.97 Å². The summed E-state index contributed by atoms with van der Waals surface area (Å²) in [7, 11) is 0. The minimum Gasteiger partial charge on any atom is -0.481 e. The quantitative estimate of drug-likeness (QED) is 0.731. The van der Waals surface area contributed by atoms with Gasteiger partial charge in [-0.25, -0.2) is 0 Å². The molecule has 0 amide bonds. The zero-order chi connectivity index (χ0) is 10.5. The number of carbonyl (C=O) groups is 2. The average Bonchev–Trinajstić information content (AvgIpc) is 2.60. The van der Waals surface area contributed by atoms with Crippen molar-refractivity contribution in [2.45, 2.75) is 33.1 Å². The third-order valence-electron chi connectivity index (χ3n) is 4.40. The van der Waals surface area contributed by atoms with E-state index in [4.69, 9.17) is 5.11 Å². The molecule has 0 saturated heterocycles. The molecule has 0 spiro atoms. The Kier molecular flexibility index (Phi) is 1.95. The number of fused-ring (bicyclic) bond motifs is 2. The zero-order valence-corrected chi connectivity index (χ0v) is 8.62. The molecule has 0 unspecified atom stereocenters. The summed E-state index contributed by atoms with van der Waals surface area (Å²) in [6.45, 7) is 3.63.